The highest BCUT2D eigenvalue weighted by molar-refractivity contribution is 14.1. The number of amides is 1. The molecule has 0 aromatic heterocycles. The average molecular weight is 459 g/mol. The summed E-state index contributed by atoms with van der Waals surface area (Å²) in [6, 6.07) is 14.7. The van der Waals surface area contributed by atoms with E-state index in [1.165, 1.54) is 6.07 Å². The van der Waals surface area contributed by atoms with Gasteiger partial charge in [0.05, 0.1) is 5.69 Å². The summed E-state index contributed by atoms with van der Waals surface area (Å²) in [5.74, 6) is 0. The maximum Gasteiger partial charge on any atom is 0.429 e. The highest BCUT2D eigenvalue weighted by Gasteiger charge is 2.35. The van der Waals surface area contributed by atoms with E-state index in [2.05, 4.69) is 0 Å². The topological polar surface area (TPSA) is 63.7 Å². The van der Waals surface area contributed by atoms with Gasteiger partial charge in [-0.2, -0.15) is 4.31 Å². The quantitative estimate of drug-likeness (QED) is 0.638. The zero-order chi connectivity index (χ0) is 18.0. The molecule has 0 radical (unpaired) electrons. The zero-order valence-electron chi connectivity index (χ0n) is 13.6. The van der Waals surface area contributed by atoms with Crippen molar-refractivity contribution in [3.05, 3.63) is 58.2 Å². The number of rotatable bonds is 3. The van der Waals surface area contributed by atoms with Gasteiger partial charge in [-0.05, 0) is 67.6 Å². The molecule has 0 fully saturated rings. The Kier molecular flexibility index (Phi) is 5.54. The minimum Gasteiger partial charge on any atom is -0.443 e. The monoisotopic (exact) mass is 459 g/mol. The van der Waals surface area contributed by atoms with Gasteiger partial charge in [0, 0.05) is 3.57 Å². The summed E-state index contributed by atoms with van der Waals surface area (Å²) in [6.07, 6.45) is -0.937. The molecule has 0 N–H and O–H groups in total. The number of carbonyl (C=O) groups excluding carboxylic acids is 1. The van der Waals surface area contributed by atoms with Crippen LogP contribution in [-0.2, 0) is 14.8 Å². The van der Waals surface area contributed by atoms with Gasteiger partial charge in [-0.25, -0.2) is 13.2 Å². The van der Waals surface area contributed by atoms with Crippen LogP contribution in [0.5, 0.6) is 0 Å². The number of halogens is 1. The lowest BCUT2D eigenvalue weighted by molar-refractivity contribution is 0.0609. The Balaban J connectivity index is 2.58. The highest BCUT2D eigenvalue weighted by atomic mass is 127. The van der Waals surface area contributed by atoms with Crippen LogP contribution < -0.4 is 4.31 Å². The van der Waals surface area contributed by atoms with Crippen LogP contribution in [0.15, 0.2) is 59.5 Å². The number of anilines is 1. The molecular weight excluding hydrogens is 441 g/mol. The summed E-state index contributed by atoms with van der Waals surface area (Å²) in [4.78, 5) is 12.7. The van der Waals surface area contributed by atoms with E-state index in [0.717, 1.165) is 0 Å². The molecule has 0 unspecified atom stereocenters. The molecule has 0 spiro atoms. The van der Waals surface area contributed by atoms with Gasteiger partial charge in [0.25, 0.3) is 10.0 Å². The molecule has 2 aromatic carbocycles. The van der Waals surface area contributed by atoms with E-state index in [1.54, 1.807) is 69.3 Å². The van der Waals surface area contributed by atoms with Crippen molar-refractivity contribution in [1.29, 1.82) is 0 Å². The molecule has 0 saturated heterocycles. The molecule has 7 heteroatoms. The summed E-state index contributed by atoms with van der Waals surface area (Å²) >= 11 is 1.93. The molecule has 24 heavy (non-hydrogen) atoms. The predicted molar refractivity (Wildman–Crippen MR) is 101 cm³/mol. The lowest BCUT2D eigenvalue weighted by atomic mass is 10.2. The first-order chi connectivity index (χ1) is 11.1. The molecule has 128 valence electrons. The van der Waals surface area contributed by atoms with Gasteiger partial charge in [-0.15, -0.1) is 0 Å². The minimum absolute atomic E-state index is 0.0558. The van der Waals surface area contributed by atoms with Gasteiger partial charge >= 0.3 is 6.09 Å². The van der Waals surface area contributed by atoms with Gasteiger partial charge < -0.3 is 4.74 Å². The van der Waals surface area contributed by atoms with Crippen molar-refractivity contribution in [2.24, 2.45) is 0 Å². The van der Waals surface area contributed by atoms with Crippen LogP contribution in [0.1, 0.15) is 20.8 Å². The van der Waals surface area contributed by atoms with E-state index in [4.69, 9.17) is 4.74 Å². The second kappa shape index (κ2) is 7.10. The molecular formula is C17H18INO4S. The Morgan fingerprint density at radius 3 is 2.08 bits per heavy atom. The van der Waals surface area contributed by atoms with Crippen LogP contribution in [-0.4, -0.2) is 20.1 Å². The van der Waals surface area contributed by atoms with Crippen LogP contribution in [0.2, 0.25) is 0 Å². The molecule has 0 saturated carbocycles. The second-order valence-corrected chi connectivity index (χ2v) is 8.93. The van der Waals surface area contributed by atoms with Crippen LogP contribution in [0.3, 0.4) is 0 Å². The van der Waals surface area contributed by atoms with Crippen molar-refractivity contribution in [2.45, 2.75) is 31.3 Å². The van der Waals surface area contributed by atoms with E-state index in [1.807, 2.05) is 22.6 Å². The molecule has 0 heterocycles. The summed E-state index contributed by atoms with van der Waals surface area (Å²) in [5, 5.41) is 0. The molecule has 0 aliphatic heterocycles. The SMILES string of the molecule is CC(C)(C)OC(=O)N(c1ccccc1)S(=O)(=O)c1ccccc1I. The molecule has 2 aromatic rings. The van der Waals surface area contributed by atoms with Crippen molar-refractivity contribution in [3.63, 3.8) is 0 Å². The number of benzene rings is 2. The van der Waals surface area contributed by atoms with E-state index in [9.17, 15) is 13.2 Å². The predicted octanol–water partition coefficient (Wildman–Crippen LogP) is 4.42. The van der Waals surface area contributed by atoms with Gasteiger partial charge in [0.1, 0.15) is 10.5 Å². The zero-order valence-corrected chi connectivity index (χ0v) is 16.5. The summed E-state index contributed by atoms with van der Waals surface area (Å²) < 4.78 is 32.7. The van der Waals surface area contributed by atoms with Crippen LogP contribution in [0.25, 0.3) is 0 Å². The fourth-order valence-electron chi connectivity index (χ4n) is 1.96. The number of hydrogen-bond donors (Lipinski definition) is 0. The van der Waals surface area contributed by atoms with Crippen LogP contribution >= 0.6 is 22.6 Å². The van der Waals surface area contributed by atoms with Crippen LogP contribution in [0, 0.1) is 3.57 Å². The first-order valence-electron chi connectivity index (χ1n) is 7.21. The first kappa shape index (κ1) is 18.7. The third kappa shape index (κ3) is 4.27. The third-order valence-electron chi connectivity index (χ3n) is 2.90. The Bertz CT molecular complexity index is 829. The summed E-state index contributed by atoms with van der Waals surface area (Å²) in [6.45, 7) is 5.06. The largest absolute Gasteiger partial charge is 0.443 e. The second-order valence-electron chi connectivity index (χ2n) is 6.02. The van der Waals surface area contributed by atoms with Crippen LogP contribution in [0.4, 0.5) is 10.5 Å². The van der Waals surface area contributed by atoms with Gasteiger partial charge in [0.15, 0.2) is 0 Å². The van der Waals surface area contributed by atoms with Crippen molar-refractivity contribution in [3.8, 4) is 0 Å². The Labute approximate surface area is 155 Å². The lowest BCUT2D eigenvalue weighted by Crippen LogP contribution is -2.41. The summed E-state index contributed by atoms with van der Waals surface area (Å²) in [7, 11) is -4.11. The number of sulfonamides is 1. The molecule has 5 nitrogen and oxygen atoms in total. The lowest BCUT2D eigenvalue weighted by Gasteiger charge is -2.27. The molecule has 0 aliphatic carbocycles. The molecule has 1 amide bonds. The van der Waals surface area contributed by atoms with Gasteiger partial charge in [-0.1, -0.05) is 30.3 Å². The first-order valence-corrected chi connectivity index (χ1v) is 9.73. The smallest absolute Gasteiger partial charge is 0.429 e. The fourth-order valence-corrected chi connectivity index (χ4v) is 4.58. The van der Waals surface area contributed by atoms with E-state index < -0.39 is 21.7 Å². The van der Waals surface area contributed by atoms with Crippen molar-refractivity contribution < 1.29 is 17.9 Å². The maximum absolute atomic E-state index is 13.1. The Hall–Kier alpha value is -1.61. The number of para-hydroxylation sites is 1. The van der Waals surface area contributed by atoms with Crippen molar-refractivity contribution in [2.75, 3.05) is 4.31 Å². The molecule has 0 bridgehead atoms. The molecule has 0 aliphatic rings. The fraction of sp³-hybridized carbons (Fsp3) is 0.235. The molecule has 2 rings (SSSR count). The maximum atomic E-state index is 13.1. The normalized spacial score (nSPS) is 11.8. The average Bonchev–Trinajstić information content (AvgIpc) is 2.46. The summed E-state index contributed by atoms with van der Waals surface area (Å²) in [5.41, 5.74) is -0.588. The van der Waals surface area contributed by atoms with Crippen molar-refractivity contribution >= 4 is 44.4 Å². The number of hydrogen-bond acceptors (Lipinski definition) is 4. The minimum atomic E-state index is -4.11. The van der Waals surface area contributed by atoms with Crippen molar-refractivity contribution in [1.82, 2.24) is 0 Å². The van der Waals surface area contributed by atoms with Gasteiger partial charge in [0.2, 0.25) is 0 Å². The number of ether oxygens (including phenoxy) is 1. The standard InChI is InChI=1S/C17H18INO4S/c1-17(2,3)23-16(20)19(13-9-5-4-6-10-13)24(21,22)15-12-8-7-11-14(15)18/h4-12H,1-3H3. The Morgan fingerprint density at radius 2 is 1.54 bits per heavy atom. The van der Waals surface area contributed by atoms with E-state index in [-0.39, 0.29) is 10.6 Å². The molecule has 0 atom stereocenters. The Morgan fingerprint density at radius 1 is 1.00 bits per heavy atom. The van der Waals surface area contributed by atoms with E-state index in [0.29, 0.717) is 7.88 Å². The van der Waals surface area contributed by atoms with E-state index >= 15 is 0 Å². The van der Waals surface area contributed by atoms with Gasteiger partial charge in [-0.3, -0.25) is 0 Å². The third-order valence-corrected chi connectivity index (χ3v) is 5.96. The number of nitrogens with zero attached hydrogens (tertiary/aromatic N) is 1. The number of carbonyl (C=O) groups is 1. The highest BCUT2D eigenvalue weighted by Crippen LogP contribution is 2.28.